The molecule has 0 amide bonds. The molecule has 0 bridgehead atoms. The van der Waals surface area contributed by atoms with Crippen LogP contribution in [-0.2, 0) is 12.8 Å². The molecule has 0 saturated heterocycles. The zero-order chi connectivity index (χ0) is 9.26. The summed E-state index contributed by atoms with van der Waals surface area (Å²) in [5, 5.41) is 0. The van der Waals surface area contributed by atoms with Gasteiger partial charge < -0.3 is 5.73 Å². The van der Waals surface area contributed by atoms with Crippen molar-refractivity contribution in [3.05, 3.63) is 35.4 Å². The van der Waals surface area contributed by atoms with E-state index in [4.69, 9.17) is 5.73 Å². The van der Waals surface area contributed by atoms with Gasteiger partial charge in [0.2, 0.25) is 0 Å². The Bertz CT molecular complexity index is 317. The van der Waals surface area contributed by atoms with Crippen LogP contribution in [0.25, 0.3) is 0 Å². The van der Waals surface area contributed by atoms with Crippen molar-refractivity contribution in [2.24, 2.45) is 16.6 Å². The third kappa shape index (κ3) is 1.44. The first-order chi connectivity index (χ1) is 6.31. The van der Waals surface area contributed by atoms with E-state index in [0.29, 0.717) is 5.92 Å². The van der Waals surface area contributed by atoms with E-state index >= 15 is 0 Å². The highest BCUT2D eigenvalue weighted by Gasteiger charge is 2.23. The normalized spacial score (nSPS) is 17.5. The van der Waals surface area contributed by atoms with Crippen LogP contribution in [0.4, 0.5) is 0 Å². The van der Waals surface area contributed by atoms with Crippen LogP contribution in [0, 0.1) is 5.92 Å². The number of hydrogen-bond acceptors (Lipinski definition) is 1. The van der Waals surface area contributed by atoms with E-state index in [1.165, 1.54) is 11.1 Å². The van der Waals surface area contributed by atoms with Gasteiger partial charge in [0, 0.05) is 13.0 Å². The standard InChI is InChI=1S/C11H14N2/c1-13-11(12)10-6-8-4-2-3-5-9(8)7-10/h2-5,10H,6-7H2,1H3,(H2,12,13). The van der Waals surface area contributed by atoms with Gasteiger partial charge in [-0.15, -0.1) is 0 Å². The lowest BCUT2D eigenvalue weighted by atomic mass is 10.1. The highest BCUT2D eigenvalue weighted by Crippen LogP contribution is 2.26. The Kier molecular flexibility index (Phi) is 2.05. The van der Waals surface area contributed by atoms with Gasteiger partial charge in [0.05, 0.1) is 5.84 Å². The molecule has 2 heteroatoms. The molecule has 0 aromatic heterocycles. The van der Waals surface area contributed by atoms with Gasteiger partial charge in [0.1, 0.15) is 0 Å². The maximum Gasteiger partial charge on any atom is 0.0971 e. The number of aliphatic imine (C=N–C) groups is 1. The van der Waals surface area contributed by atoms with Gasteiger partial charge in [-0.1, -0.05) is 24.3 Å². The third-order valence-corrected chi connectivity index (χ3v) is 2.73. The highest BCUT2D eigenvalue weighted by molar-refractivity contribution is 5.84. The molecule has 0 aliphatic heterocycles. The van der Waals surface area contributed by atoms with E-state index in [1.807, 2.05) is 0 Å². The summed E-state index contributed by atoms with van der Waals surface area (Å²) in [5.74, 6) is 1.22. The molecule has 0 atom stereocenters. The Hall–Kier alpha value is -1.31. The Labute approximate surface area is 78.5 Å². The average Bonchev–Trinajstić information content (AvgIpc) is 2.59. The molecule has 0 unspecified atom stereocenters. The molecule has 0 radical (unpaired) electrons. The summed E-state index contributed by atoms with van der Waals surface area (Å²) < 4.78 is 0. The topological polar surface area (TPSA) is 38.4 Å². The molecule has 2 N–H and O–H groups in total. The SMILES string of the molecule is CN=C(N)C1Cc2ccccc2C1. The molecule has 0 fully saturated rings. The van der Waals surface area contributed by atoms with Crippen molar-refractivity contribution in [2.45, 2.75) is 12.8 Å². The second kappa shape index (κ2) is 3.21. The molecule has 68 valence electrons. The van der Waals surface area contributed by atoms with Crippen molar-refractivity contribution >= 4 is 5.84 Å². The minimum Gasteiger partial charge on any atom is -0.387 e. The molecule has 2 rings (SSSR count). The van der Waals surface area contributed by atoms with Gasteiger partial charge in [-0.05, 0) is 24.0 Å². The molecule has 1 aliphatic rings. The van der Waals surface area contributed by atoms with Crippen LogP contribution in [0.2, 0.25) is 0 Å². The van der Waals surface area contributed by atoms with Gasteiger partial charge in [-0.3, -0.25) is 4.99 Å². The third-order valence-electron chi connectivity index (χ3n) is 2.73. The van der Waals surface area contributed by atoms with Crippen LogP contribution < -0.4 is 5.73 Å². The fourth-order valence-corrected chi connectivity index (χ4v) is 1.95. The van der Waals surface area contributed by atoms with Crippen LogP contribution in [0.1, 0.15) is 11.1 Å². The van der Waals surface area contributed by atoms with Crippen molar-refractivity contribution in [1.82, 2.24) is 0 Å². The highest BCUT2D eigenvalue weighted by atomic mass is 14.8. The van der Waals surface area contributed by atoms with Crippen LogP contribution >= 0.6 is 0 Å². The van der Waals surface area contributed by atoms with Crippen LogP contribution in [0.5, 0.6) is 0 Å². The number of amidine groups is 1. The summed E-state index contributed by atoms with van der Waals surface area (Å²) in [4.78, 5) is 4.05. The Morgan fingerprint density at radius 2 is 1.85 bits per heavy atom. The maximum atomic E-state index is 5.81. The molecule has 13 heavy (non-hydrogen) atoms. The first-order valence-electron chi connectivity index (χ1n) is 4.60. The first-order valence-corrected chi connectivity index (χ1v) is 4.60. The number of nitrogens with two attached hydrogens (primary N) is 1. The Morgan fingerprint density at radius 1 is 1.31 bits per heavy atom. The van der Waals surface area contributed by atoms with Gasteiger partial charge >= 0.3 is 0 Å². The molecule has 1 aromatic carbocycles. The predicted octanol–water partition coefficient (Wildman–Crippen LogP) is 1.39. The summed E-state index contributed by atoms with van der Waals surface area (Å²) in [6, 6.07) is 8.53. The van der Waals surface area contributed by atoms with Crippen molar-refractivity contribution in [3.63, 3.8) is 0 Å². The first kappa shape index (κ1) is 8.30. The van der Waals surface area contributed by atoms with Crippen molar-refractivity contribution < 1.29 is 0 Å². The molecule has 0 spiro atoms. The number of nitrogens with zero attached hydrogens (tertiary/aromatic N) is 1. The van der Waals surface area contributed by atoms with E-state index in [1.54, 1.807) is 7.05 Å². The average molecular weight is 174 g/mol. The van der Waals surface area contributed by atoms with E-state index in [9.17, 15) is 0 Å². The number of benzene rings is 1. The van der Waals surface area contributed by atoms with Crippen LogP contribution in [-0.4, -0.2) is 12.9 Å². The molecule has 0 saturated carbocycles. The molecule has 2 nitrogen and oxygen atoms in total. The zero-order valence-electron chi connectivity index (χ0n) is 7.83. The second-order valence-electron chi connectivity index (χ2n) is 3.52. The number of fused-ring (bicyclic) bond motifs is 1. The minimum atomic E-state index is 0.433. The fourth-order valence-electron chi connectivity index (χ4n) is 1.95. The lowest BCUT2D eigenvalue weighted by molar-refractivity contribution is 0.739. The Morgan fingerprint density at radius 3 is 2.31 bits per heavy atom. The predicted molar refractivity (Wildman–Crippen MR) is 54.9 cm³/mol. The van der Waals surface area contributed by atoms with Crippen LogP contribution in [0.15, 0.2) is 29.3 Å². The quantitative estimate of drug-likeness (QED) is 0.507. The minimum absolute atomic E-state index is 0.433. The zero-order valence-corrected chi connectivity index (χ0v) is 7.83. The summed E-state index contributed by atoms with van der Waals surface area (Å²) in [7, 11) is 1.76. The van der Waals surface area contributed by atoms with Crippen molar-refractivity contribution in [3.8, 4) is 0 Å². The maximum absolute atomic E-state index is 5.81. The summed E-state index contributed by atoms with van der Waals surface area (Å²) in [6.45, 7) is 0. The smallest absolute Gasteiger partial charge is 0.0971 e. The molecule has 0 heterocycles. The summed E-state index contributed by atoms with van der Waals surface area (Å²) in [5.41, 5.74) is 8.67. The fraction of sp³-hybridized carbons (Fsp3) is 0.364. The van der Waals surface area contributed by atoms with Crippen molar-refractivity contribution in [1.29, 1.82) is 0 Å². The molecule has 1 aromatic rings. The van der Waals surface area contributed by atoms with E-state index in [0.717, 1.165) is 18.7 Å². The van der Waals surface area contributed by atoms with Crippen LogP contribution in [0.3, 0.4) is 0 Å². The lowest BCUT2D eigenvalue weighted by Gasteiger charge is -2.06. The van der Waals surface area contributed by atoms with Gasteiger partial charge in [0.15, 0.2) is 0 Å². The van der Waals surface area contributed by atoms with Gasteiger partial charge in [0.25, 0.3) is 0 Å². The summed E-state index contributed by atoms with van der Waals surface area (Å²) >= 11 is 0. The van der Waals surface area contributed by atoms with Gasteiger partial charge in [-0.25, -0.2) is 0 Å². The number of hydrogen-bond donors (Lipinski definition) is 1. The molecule has 1 aliphatic carbocycles. The summed E-state index contributed by atoms with van der Waals surface area (Å²) in [6.07, 6.45) is 2.11. The van der Waals surface area contributed by atoms with Gasteiger partial charge in [-0.2, -0.15) is 0 Å². The number of rotatable bonds is 1. The molecular formula is C11H14N2. The monoisotopic (exact) mass is 174 g/mol. The van der Waals surface area contributed by atoms with E-state index < -0.39 is 0 Å². The van der Waals surface area contributed by atoms with Crippen molar-refractivity contribution in [2.75, 3.05) is 7.05 Å². The Balaban J connectivity index is 2.23. The molecular weight excluding hydrogens is 160 g/mol. The van der Waals surface area contributed by atoms with E-state index in [2.05, 4.69) is 29.3 Å². The lowest BCUT2D eigenvalue weighted by Crippen LogP contribution is -2.23. The van der Waals surface area contributed by atoms with E-state index in [-0.39, 0.29) is 0 Å². The largest absolute Gasteiger partial charge is 0.387 e. The second-order valence-corrected chi connectivity index (χ2v) is 3.52.